The van der Waals surface area contributed by atoms with E-state index in [2.05, 4.69) is 5.43 Å². The first-order valence-corrected chi connectivity index (χ1v) is 6.40. The minimum atomic E-state index is 0.0323. The van der Waals surface area contributed by atoms with Gasteiger partial charge >= 0.3 is 0 Å². The molecule has 0 saturated carbocycles. The van der Waals surface area contributed by atoms with E-state index in [4.69, 9.17) is 29.0 Å². The zero-order valence-electron chi connectivity index (χ0n) is 9.74. The van der Waals surface area contributed by atoms with Gasteiger partial charge < -0.3 is 0 Å². The zero-order valence-corrected chi connectivity index (χ0v) is 11.2. The van der Waals surface area contributed by atoms with E-state index in [0.29, 0.717) is 5.02 Å². The summed E-state index contributed by atoms with van der Waals surface area (Å²) in [5.41, 5.74) is 5.06. The number of hydrogen-bond donors (Lipinski definition) is 2. The third kappa shape index (κ3) is 3.47. The van der Waals surface area contributed by atoms with E-state index in [9.17, 15) is 0 Å². The Labute approximate surface area is 117 Å². The van der Waals surface area contributed by atoms with Crippen molar-refractivity contribution in [1.82, 2.24) is 5.43 Å². The lowest BCUT2D eigenvalue weighted by Gasteiger charge is -2.16. The second-order valence-corrected chi connectivity index (χ2v) is 4.98. The van der Waals surface area contributed by atoms with Crippen molar-refractivity contribution in [2.24, 2.45) is 5.84 Å². The standard InChI is InChI=1S/C14H14Cl2N2/c15-12-6-4-10(5-7-12)8-14(18-17)11-2-1-3-13(16)9-11/h1-7,9,14,18H,8,17H2. The third-order valence-electron chi connectivity index (χ3n) is 2.81. The summed E-state index contributed by atoms with van der Waals surface area (Å²) < 4.78 is 0. The molecule has 0 bridgehead atoms. The summed E-state index contributed by atoms with van der Waals surface area (Å²) in [7, 11) is 0. The van der Waals surface area contributed by atoms with Gasteiger partial charge in [-0.25, -0.2) is 0 Å². The number of hydrogen-bond acceptors (Lipinski definition) is 2. The van der Waals surface area contributed by atoms with Crippen LogP contribution in [-0.4, -0.2) is 0 Å². The van der Waals surface area contributed by atoms with Crippen molar-refractivity contribution in [2.75, 3.05) is 0 Å². The maximum atomic E-state index is 5.98. The van der Waals surface area contributed by atoms with Crippen LogP contribution in [0.2, 0.25) is 10.0 Å². The molecule has 0 aliphatic carbocycles. The van der Waals surface area contributed by atoms with Crippen molar-refractivity contribution in [3.8, 4) is 0 Å². The molecule has 2 rings (SSSR count). The van der Waals surface area contributed by atoms with E-state index in [1.54, 1.807) is 0 Å². The molecular weight excluding hydrogens is 267 g/mol. The fourth-order valence-electron chi connectivity index (χ4n) is 1.85. The van der Waals surface area contributed by atoms with Gasteiger partial charge in [-0.3, -0.25) is 11.3 Å². The molecule has 2 aromatic rings. The molecule has 0 spiro atoms. The average Bonchev–Trinajstić information content (AvgIpc) is 2.38. The quantitative estimate of drug-likeness (QED) is 0.661. The highest BCUT2D eigenvalue weighted by Crippen LogP contribution is 2.21. The lowest BCUT2D eigenvalue weighted by Crippen LogP contribution is -2.29. The molecule has 0 aliphatic heterocycles. The second kappa shape index (κ2) is 6.21. The van der Waals surface area contributed by atoms with Gasteiger partial charge in [-0.15, -0.1) is 0 Å². The van der Waals surface area contributed by atoms with Crippen LogP contribution < -0.4 is 11.3 Å². The largest absolute Gasteiger partial charge is 0.271 e. The SMILES string of the molecule is NNC(Cc1ccc(Cl)cc1)c1cccc(Cl)c1. The fraction of sp³-hybridized carbons (Fsp3) is 0.143. The van der Waals surface area contributed by atoms with E-state index < -0.39 is 0 Å². The van der Waals surface area contributed by atoms with E-state index in [1.807, 2.05) is 48.5 Å². The van der Waals surface area contributed by atoms with Crippen LogP contribution in [-0.2, 0) is 6.42 Å². The highest BCUT2D eigenvalue weighted by molar-refractivity contribution is 6.30. The highest BCUT2D eigenvalue weighted by Gasteiger charge is 2.10. The number of hydrazine groups is 1. The van der Waals surface area contributed by atoms with Crippen molar-refractivity contribution in [1.29, 1.82) is 0 Å². The Morgan fingerprint density at radius 2 is 1.72 bits per heavy atom. The Kier molecular flexibility index (Phi) is 4.61. The lowest BCUT2D eigenvalue weighted by molar-refractivity contribution is 0.552. The third-order valence-corrected chi connectivity index (χ3v) is 3.29. The highest BCUT2D eigenvalue weighted by atomic mass is 35.5. The van der Waals surface area contributed by atoms with Crippen LogP contribution >= 0.6 is 23.2 Å². The first kappa shape index (κ1) is 13.4. The minimum Gasteiger partial charge on any atom is -0.271 e. The van der Waals surface area contributed by atoms with Gasteiger partial charge in [0, 0.05) is 10.0 Å². The number of nitrogens with one attached hydrogen (secondary N) is 1. The van der Waals surface area contributed by atoms with Gasteiger partial charge in [0.15, 0.2) is 0 Å². The van der Waals surface area contributed by atoms with Gasteiger partial charge in [0.1, 0.15) is 0 Å². The smallest absolute Gasteiger partial charge is 0.0500 e. The molecule has 18 heavy (non-hydrogen) atoms. The van der Waals surface area contributed by atoms with Gasteiger partial charge in [0.05, 0.1) is 6.04 Å². The van der Waals surface area contributed by atoms with Crippen LogP contribution in [0.3, 0.4) is 0 Å². The Hall–Kier alpha value is -1.06. The van der Waals surface area contributed by atoms with Crippen LogP contribution in [0.5, 0.6) is 0 Å². The summed E-state index contributed by atoms with van der Waals surface area (Å²) in [6.45, 7) is 0. The lowest BCUT2D eigenvalue weighted by atomic mass is 9.99. The first-order chi connectivity index (χ1) is 8.69. The van der Waals surface area contributed by atoms with Crippen LogP contribution in [0.25, 0.3) is 0 Å². The van der Waals surface area contributed by atoms with E-state index in [1.165, 1.54) is 5.56 Å². The number of nitrogens with two attached hydrogens (primary N) is 1. The molecule has 1 unspecified atom stereocenters. The second-order valence-electron chi connectivity index (χ2n) is 4.10. The Bertz CT molecular complexity index is 511. The summed E-state index contributed by atoms with van der Waals surface area (Å²) in [6, 6.07) is 15.5. The molecule has 4 heteroatoms. The molecule has 0 fully saturated rings. The van der Waals surface area contributed by atoms with Gasteiger partial charge in [-0.2, -0.15) is 0 Å². The van der Waals surface area contributed by atoms with Crippen LogP contribution in [0.4, 0.5) is 0 Å². The zero-order chi connectivity index (χ0) is 13.0. The predicted octanol–water partition coefficient (Wildman–Crippen LogP) is 3.74. The summed E-state index contributed by atoms with van der Waals surface area (Å²) >= 11 is 11.8. The maximum absolute atomic E-state index is 5.98. The van der Waals surface area contributed by atoms with Gasteiger partial charge in [-0.1, -0.05) is 47.5 Å². The van der Waals surface area contributed by atoms with Crippen LogP contribution in [0.15, 0.2) is 48.5 Å². The molecule has 0 aliphatic rings. The normalized spacial score (nSPS) is 12.4. The Balaban J connectivity index is 2.17. The maximum Gasteiger partial charge on any atom is 0.0500 e. The van der Waals surface area contributed by atoms with Crippen molar-refractivity contribution in [3.05, 3.63) is 69.7 Å². The molecule has 0 aromatic heterocycles. The molecular formula is C14H14Cl2N2. The Morgan fingerprint density at radius 1 is 1.00 bits per heavy atom. The van der Waals surface area contributed by atoms with Crippen molar-refractivity contribution < 1.29 is 0 Å². The molecule has 0 amide bonds. The van der Waals surface area contributed by atoms with Gasteiger partial charge in [-0.05, 0) is 41.8 Å². The van der Waals surface area contributed by atoms with Crippen molar-refractivity contribution >= 4 is 23.2 Å². The van der Waals surface area contributed by atoms with E-state index >= 15 is 0 Å². The molecule has 2 nitrogen and oxygen atoms in total. The van der Waals surface area contributed by atoms with E-state index in [-0.39, 0.29) is 6.04 Å². The van der Waals surface area contributed by atoms with Crippen LogP contribution in [0.1, 0.15) is 17.2 Å². The predicted molar refractivity (Wildman–Crippen MR) is 76.7 cm³/mol. The average molecular weight is 281 g/mol. The first-order valence-electron chi connectivity index (χ1n) is 5.65. The Morgan fingerprint density at radius 3 is 2.33 bits per heavy atom. The van der Waals surface area contributed by atoms with Crippen molar-refractivity contribution in [3.63, 3.8) is 0 Å². The molecule has 1 atom stereocenters. The summed E-state index contributed by atoms with van der Waals surface area (Å²) in [6.07, 6.45) is 0.786. The van der Waals surface area contributed by atoms with Gasteiger partial charge in [0.25, 0.3) is 0 Å². The van der Waals surface area contributed by atoms with Crippen molar-refractivity contribution in [2.45, 2.75) is 12.5 Å². The molecule has 0 radical (unpaired) electrons. The molecule has 94 valence electrons. The summed E-state index contributed by atoms with van der Waals surface area (Å²) in [5.74, 6) is 5.61. The number of benzene rings is 2. The minimum absolute atomic E-state index is 0.0323. The number of halogens is 2. The topological polar surface area (TPSA) is 38.0 Å². The summed E-state index contributed by atoms with van der Waals surface area (Å²) in [4.78, 5) is 0. The summed E-state index contributed by atoms with van der Waals surface area (Å²) in [5, 5.41) is 1.45. The monoisotopic (exact) mass is 280 g/mol. The number of rotatable bonds is 4. The molecule has 2 aromatic carbocycles. The van der Waals surface area contributed by atoms with Crippen LogP contribution in [0, 0.1) is 0 Å². The van der Waals surface area contributed by atoms with Gasteiger partial charge in [0.2, 0.25) is 0 Å². The molecule has 0 saturated heterocycles. The van der Waals surface area contributed by atoms with E-state index in [0.717, 1.165) is 17.0 Å². The fourth-order valence-corrected chi connectivity index (χ4v) is 2.18. The molecule has 3 N–H and O–H groups in total. The molecule has 0 heterocycles.